The van der Waals surface area contributed by atoms with E-state index in [2.05, 4.69) is 85.0 Å². The SMILES string of the molecule is Cl.Cl.[C-]1=CC=CC1.[C-]1=CC=CC1.[Hf+2]=[C](c1ccccc1)c1ccccc1. The Balaban J connectivity index is 0.000000432. The number of halogens is 2. The molecule has 2 aromatic rings. The summed E-state index contributed by atoms with van der Waals surface area (Å²) in [6.45, 7) is 0. The van der Waals surface area contributed by atoms with Gasteiger partial charge in [-0.1, -0.05) is 0 Å². The van der Waals surface area contributed by atoms with Crippen molar-refractivity contribution in [3.05, 3.63) is 120 Å². The average molecular weight is 548 g/mol. The van der Waals surface area contributed by atoms with Gasteiger partial charge in [-0.15, -0.1) is 37.7 Å². The van der Waals surface area contributed by atoms with Crippen molar-refractivity contribution in [1.29, 1.82) is 0 Å². The van der Waals surface area contributed by atoms with E-state index in [0.717, 1.165) is 36.7 Å². The van der Waals surface area contributed by atoms with Gasteiger partial charge in [-0.05, 0) is 0 Å². The number of hydrogen-bond acceptors (Lipinski definition) is 0. The molecule has 0 aliphatic heterocycles. The zero-order valence-electron chi connectivity index (χ0n) is 14.5. The molecule has 0 saturated heterocycles. The van der Waals surface area contributed by atoms with E-state index in [4.69, 9.17) is 0 Å². The topological polar surface area (TPSA) is 0 Å². The Morgan fingerprint density at radius 1 is 0.654 bits per heavy atom. The van der Waals surface area contributed by atoms with E-state index in [9.17, 15) is 0 Å². The summed E-state index contributed by atoms with van der Waals surface area (Å²) < 4.78 is 1.46. The molecule has 0 fully saturated rings. The molecule has 0 amide bonds. The zero-order valence-corrected chi connectivity index (χ0v) is 19.7. The Kier molecular flexibility index (Phi) is 15.2. The van der Waals surface area contributed by atoms with Gasteiger partial charge >= 0.3 is 98.9 Å². The quantitative estimate of drug-likeness (QED) is 0.308. The van der Waals surface area contributed by atoms with Crippen molar-refractivity contribution >= 4 is 28.1 Å². The summed E-state index contributed by atoms with van der Waals surface area (Å²) >= 11 is 1.08. The fraction of sp³-hybridized carbons (Fsp3) is 0.0870. The first kappa shape index (κ1) is 24.7. The second-order valence-corrected chi connectivity index (χ2v) is 6.91. The van der Waals surface area contributed by atoms with E-state index in [1.165, 1.54) is 14.4 Å². The summed E-state index contributed by atoms with van der Waals surface area (Å²) in [5, 5.41) is 0. The third-order valence-corrected chi connectivity index (χ3v) is 5.37. The van der Waals surface area contributed by atoms with Crippen LogP contribution >= 0.6 is 24.8 Å². The molecule has 4 rings (SSSR count). The van der Waals surface area contributed by atoms with Crippen molar-refractivity contribution in [2.45, 2.75) is 12.8 Å². The fourth-order valence-electron chi connectivity index (χ4n) is 2.06. The first-order valence-corrected chi connectivity index (χ1v) is 9.80. The Morgan fingerprint density at radius 2 is 1.04 bits per heavy atom. The summed E-state index contributed by atoms with van der Waals surface area (Å²) in [6.07, 6.45) is 20.0. The van der Waals surface area contributed by atoms with Gasteiger partial charge in [-0.25, -0.2) is 24.3 Å². The van der Waals surface area contributed by atoms with Crippen molar-refractivity contribution in [3.8, 4) is 0 Å². The molecule has 2 aliphatic rings. The molecule has 0 nitrogen and oxygen atoms in total. The number of allylic oxidation sites excluding steroid dienone is 8. The predicted molar refractivity (Wildman–Crippen MR) is 114 cm³/mol. The van der Waals surface area contributed by atoms with Crippen LogP contribution in [0.5, 0.6) is 0 Å². The molecule has 132 valence electrons. The summed E-state index contributed by atoms with van der Waals surface area (Å²) in [6, 6.07) is 21.2. The average Bonchev–Trinajstić information content (AvgIpc) is 3.41. The fourth-order valence-corrected chi connectivity index (χ4v) is 3.25. The maximum absolute atomic E-state index is 2.99. The van der Waals surface area contributed by atoms with Crippen LogP contribution in [0.3, 0.4) is 0 Å². The van der Waals surface area contributed by atoms with Gasteiger partial charge < -0.3 is 0 Å². The van der Waals surface area contributed by atoms with Gasteiger partial charge in [0.1, 0.15) is 0 Å². The molecular weight excluding hydrogens is 526 g/mol. The molecule has 0 atom stereocenters. The Morgan fingerprint density at radius 3 is 1.27 bits per heavy atom. The van der Waals surface area contributed by atoms with Gasteiger partial charge in [0.2, 0.25) is 0 Å². The van der Waals surface area contributed by atoms with Gasteiger partial charge in [0.15, 0.2) is 0 Å². The molecule has 0 bridgehead atoms. The Bertz CT molecular complexity index is 646. The second kappa shape index (κ2) is 15.9. The zero-order chi connectivity index (χ0) is 16.9. The maximum atomic E-state index is 2.99. The van der Waals surface area contributed by atoms with E-state index >= 15 is 0 Å². The molecule has 3 heteroatoms. The monoisotopic (exact) mass is 548 g/mol. The van der Waals surface area contributed by atoms with Gasteiger partial charge in [0, 0.05) is 0 Å². The molecule has 2 aromatic carbocycles. The second-order valence-electron chi connectivity index (χ2n) is 5.11. The van der Waals surface area contributed by atoms with Crippen molar-refractivity contribution in [1.82, 2.24) is 0 Å². The molecule has 0 unspecified atom stereocenters. The summed E-state index contributed by atoms with van der Waals surface area (Å²) in [4.78, 5) is 0. The van der Waals surface area contributed by atoms with E-state index in [-0.39, 0.29) is 24.8 Å². The molecule has 0 spiro atoms. The van der Waals surface area contributed by atoms with Crippen molar-refractivity contribution in [2.75, 3.05) is 0 Å². The molecular formula is C23H22Cl2Hf. The van der Waals surface area contributed by atoms with Gasteiger partial charge in [0.05, 0.1) is 0 Å². The summed E-state index contributed by atoms with van der Waals surface area (Å²) in [5.41, 5.74) is 2.70. The third-order valence-electron chi connectivity index (χ3n) is 3.30. The standard InChI is InChI=1S/C13H10.2C5H5.2ClH.Hf/c1-3-7-12(8-4-1)11-13-9-5-2-6-10-13;2*1-2-4-5-3-1;;;/h1-10H;2*1-3H,4H2;2*1H;/q;2*-1;;;+2. The van der Waals surface area contributed by atoms with Gasteiger partial charge in [0.25, 0.3) is 0 Å². The Labute approximate surface area is 184 Å². The summed E-state index contributed by atoms with van der Waals surface area (Å²) in [5.74, 6) is 0. The van der Waals surface area contributed by atoms with Crippen LogP contribution < -0.4 is 0 Å². The van der Waals surface area contributed by atoms with Crippen molar-refractivity contribution in [3.63, 3.8) is 0 Å². The minimum absolute atomic E-state index is 0. The number of benzene rings is 2. The molecule has 26 heavy (non-hydrogen) atoms. The van der Waals surface area contributed by atoms with Crippen LogP contribution in [-0.2, 0) is 23.9 Å². The van der Waals surface area contributed by atoms with Crippen molar-refractivity contribution < 1.29 is 23.9 Å². The van der Waals surface area contributed by atoms with Crippen LogP contribution in [0, 0.1) is 12.2 Å². The molecule has 0 N–H and O–H groups in total. The van der Waals surface area contributed by atoms with E-state index < -0.39 is 0 Å². The predicted octanol–water partition coefficient (Wildman–Crippen LogP) is 6.26. The van der Waals surface area contributed by atoms with Gasteiger partial charge in [-0.2, -0.15) is 12.2 Å². The van der Waals surface area contributed by atoms with Gasteiger partial charge in [-0.3, -0.25) is 12.2 Å². The normalized spacial score (nSPS) is 12.1. The molecule has 0 aromatic heterocycles. The van der Waals surface area contributed by atoms with Crippen LogP contribution in [0.2, 0.25) is 0 Å². The third kappa shape index (κ3) is 10.0. The van der Waals surface area contributed by atoms with E-state index in [0.29, 0.717) is 0 Å². The van der Waals surface area contributed by atoms with E-state index in [1.807, 2.05) is 24.3 Å². The number of hydrogen-bond donors (Lipinski definition) is 0. The molecule has 2 aliphatic carbocycles. The van der Waals surface area contributed by atoms with Crippen molar-refractivity contribution in [2.24, 2.45) is 0 Å². The van der Waals surface area contributed by atoms with Crippen LogP contribution in [0.1, 0.15) is 24.0 Å². The minimum atomic E-state index is 0. The van der Waals surface area contributed by atoms with Crippen LogP contribution in [0.4, 0.5) is 0 Å². The molecule has 0 heterocycles. The molecule has 0 saturated carbocycles. The summed E-state index contributed by atoms with van der Waals surface area (Å²) in [7, 11) is 0. The number of rotatable bonds is 2. The van der Waals surface area contributed by atoms with E-state index in [1.54, 1.807) is 0 Å². The molecule has 0 radical (unpaired) electrons. The first-order chi connectivity index (χ1) is 11.9. The van der Waals surface area contributed by atoms with Crippen LogP contribution in [-0.4, -0.2) is 3.26 Å². The first-order valence-electron chi connectivity index (χ1n) is 8.01. The van der Waals surface area contributed by atoms with Crippen LogP contribution in [0.15, 0.2) is 97.1 Å². The Hall–Kier alpha value is -1.28. The van der Waals surface area contributed by atoms with Crippen LogP contribution in [0.25, 0.3) is 0 Å².